The van der Waals surface area contributed by atoms with E-state index in [1.54, 1.807) is 18.6 Å². The van der Waals surface area contributed by atoms with Crippen molar-refractivity contribution in [3.63, 3.8) is 0 Å². The average Bonchev–Trinajstić information content (AvgIpc) is 3.38. The number of carbonyl (C=O) groups is 1. The van der Waals surface area contributed by atoms with Crippen LogP contribution in [-0.4, -0.2) is 24.3 Å². The van der Waals surface area contributed by atoms with Crippen LogP contribution in [0.4, 0.5) is 0 Å². The Morgan fingerprint density at radius 2 is 1.72 bits per heavy atom. The summed E-state index contributed by atoms with van der Waals surface area (Å²) in [5.41, 5.74) is 3.85. The van der Waals surface area contributed by atoms with Gasteiger partial charge in [-0.15, -0.1) is 0 Å². The monoisotopic (exact) mass is 758 g/mol. The van der Waals surface area contributed by atoms with Gasteiger partial charge in [0.25, 0.3) is 5.56 Å². The Morgan fingerprint density at radius 3 is 2.39 bits per heavy atom. The maximum atomic E-state index is 14.2. The van der Waals surface area contributed by atoms with Crippen molar-refractivity contribution in [3.8, 4) is 11.5 Å². The minimum absolute atomic E-state index is 0.182. The molecule has 7 nitrogen and oxygen atoms in total. The molecule has 5 aromatic rings. The standard InChI is InChI=1S/C36H28Br2N2O5S/c1-3-44-35(42)31-32(24-7-5-4-6-8-24)39-36-40(33(31)25-12-16-27(43-2)17-13-25)34(41)30(46-36)20-23-11-18-29(28(38)19-23)45-21-22-9-14-26(37)15-10-22/h4-20,33H,3,21H2,1-2H3/b30-20-/t33-/m1/s1. The fourth-order valence-corrected chi connectivity index (χ4v) is 6.94. The number of ether oxygens (including phenoxy) is 3. The van der Waals surface area contributed by atoms with E-state index < -0.39 is 12.0 Å². The van der Waals surface area contributed by atoms with Gasteiger partial charge in [-0.2, -0.15) is 0 Å². The summed E-state index contributed by atoms with van der Waals surface area (Å²) in [5.74, 6) is 0.825. The van der Waals surface area contributed by atoms with Gasteiger partial charge in [-0.1, -0.05) is 87.9 Å². The lowest BCUT2D eigenvalue weighted by Crippen LogP contribution is -2.40. The van der Waals surface area contributed by atoms with Crippen LogP contribution >= 0.6 is 43.2 Å². The van der Waals surface area contributed by atoms with Crippen LogP contribution in [0.5, 0.6) is 11.5 Å². The second kappa shape index (κ2) is 14.0. The minimum atomic E-state index is -0.764. The number of rotatable bonds is 9. The highest BCUT2D eigenvalue weighted by atomic mass is 79.9. The molecule has 0 saturated heterocycles. The molecule has 232 valence electrons. The van der Waals surface area contributed by atoms with E-state index in [0.29, 0.717) is 38.7 Å². The molecule has 2 heterocycles. The topological polar surface area (TPSA) is 79.1 Å². The van der Waals surface area contributed by atoms with Gasteiger partial charge in [-0.05, 0) is 82.0 Å². The van der Waals surface area contributed by atoms with Crippen LogP contribution in [0.25, 0.3) is 11.8 Å². The lowest BCUT2D eigenvalue weighted by Gasteiger charge is -2.26. The predicted molar refractivity (Wildman–Crippen MR) is 187 cm³/mol. The van der Waals surface area contributed by atoms with E-state index in [1.165, 1.54) is 11.3 Å². The highest BCUT2D eigenvalue weighted by Gasteiger charge is 2.35. The van der Waals surface area contributed by atoms with Gasteiger partial charge in [0, 0.05) is 10.0 Å². The fourth-order valence-electron chi connectivity index (χ4n) is 5.16. The summed E-state index contributed by atoms with van der Waals surface area (Å²) in [6.45, 7) is 2.36. The first kappa shape index (κ1) is 31.7. The largest absolute Gasteiger partial charge is 0.497 e. The first-order chi connectivity index (χ1) is 22.4. The van der Waals surface area contributed by atoms with Gasteiger partial charge in [-0.25, -0.2) is 9.79 Å². The van der Waals surface area contributed by atoms with Crippen molar-refractivity contribution < 1.29 is 19.0 Å². The van der Waals surface area contributed by atoms with Crippen LogP contribution in [-0.2, 0) is 16.1 Å². The van der Waals surface area contributed by atoms with E-state index in [4.69, 9.17) is 19.2 Å². The molecule has 6 rings (SSSR count). The van der Waals surface area contributed by atoms with Crippen molar-refractivity contribution >= 4 is 60.9 Å². The molecule has 0 amide bonds. The van der Waals surface area contributed by atoms with E-state index in [9.17, 15) is 9.59 Å². The summed E-state index contributed by atoms with van der Waals surface area (Å²) >= 11 is 8.35. The molecule has 0 saturated carbocycles. The third-order valence-electron chi connectivity index (χ3n) is 7.37. The van der Waals surface area contributed by atoms with E-state index in [-0.39, 0.29) is 12.2 Å². The molecule has 1 aliphatic heterocycles. The van der Waals surface area contributed by atoms with Gasteiger partial charge < -0.3 is 14.2 Å². The second-order valence-electron chi connectivity index (χ2n) is 10.3. The van der Waals surface area contributed by atoms with Crippen molar-refractivity contribution in [2.24, 2.45) is 4.99 Å². The smallest absolute Gasteiger partial charge is 0.338 e. The number of esters is 1. The maximum absolute atomic E-state index is 14.2. The molecule has 1 aliphatic rings. The molecule has 1 atom stereocenters. The van der Waals surface area contributed by atoms with Crippen molar-refractivity contribution in [1.82, 2.24) is 4.57 Å². The molecule has 0 spiro atoms. The Balaban J connectivity index is 1.45. The predicted octanol–water partition coefficient (Wildman–Crippen LogP) is 7.05. The number of fused-ring (bicyclic) bond motifs is 1. The van der Waals surface area contributed by atoms with Crippen molar-refractivity contribution in [1.29, 1.82) is 0 Å². The van der Waals surface area contributed by atoms with E-state index in [0.717, 1.165) is 31.2 Å². The Kier molecular flexibility index (Phi) is 9.67. The lowest BCUT2D eigenvalue weighted by molar-refractivity contribution is -0.138. The molecule has 10 heteroatoms. The minimum Gasteiger partial charge on any atom is -0.497 e. The van der Waals surface area contributed by atoms with Crippen molar-refractivity contribution in [2.75, 3.05) is 13.7 Å². The van der Waals surface area contributed by atoms with Gasteiger partial charge >= 0.3 is 5.97 Å². The second-order valence-corrected chi connectivity index (χ2v) is 13.1. The van der Waals surface area contributed by atoms with Crippen LogP contribution < -0.4 is 24.4 Å². The number of thiazole rings is 1. The third-order valence-corrected chi connectivity index (χ3v) is 9.50. The Labute approximate surface area is 286 Å². The molecular formula is C36H28Br2N2O5S. The van der Waals surface area contributed by atoms with E-state index >= 15 is 0 Å². The zero-order valence-corrected chi connectivity index (χ0v) is 28.9. The number of aromatic nitrogens is 1. The molecule has 0 fully saturated rings. The first-order valence-electron chi connectivity index (χ1n) is 14.5. The van der Waals surface area contributed by atoms with Gasteiger partial charge in [0.15, 0.2) is 4.80 Å². The van der Waals surface area contributed by atoms with Gasteiger partial charge in [0.1, 0.15) is 18.1 Å². The summed E-state index contributed by atoms with van der Waals surface area (Å²) in [7, 11) is 1.59. The number of carbonyl (C=O) groups excluding carboxylic acids is 1. The number of nitrogens with zero attached hydrogens (tertiary/aromatic N) is 2. The summed E-state index contributed by atoms with van der Waals surface area (Å²) in [5, 5.41) is 0. The highest BCUT2D eigenvalue weighted by molar-refractivity contribution is 9.10. The molecule has 46 heavy (non-hydrogen) atoms. The van der Waals surface area contributed by atoms with Crippen LogP contribution in [0.15, 0.2) is 121 Å². The Bertz CT molecular complexity index is 2110. The highest BCUT2D eigenvalue weighted by Crippen LogP contribution is 2.36. The molecule has 0 radical (unpaired) electrons. The normalized spacial score (nSPS) is 14.4. The molecule has 0 aliphatic carbocycles. The number of hydrogen-bond acceptors (Lipinski definition) is 7. The van der Waals surface area contributed by atoms with Crippen molar-refractivity contribution in [2.45, 2.75) is 19.6 Å². The van der Waals surface area contributed by atoms with Crippen LogP contribution in [0, 0.1) is 0 Å². The number of hydrogen-bond donors (Lipinski definition) is 0. The van der Waals surface area contributed by atoms with Gasteiger partial charge in [0.05, 0.1) is 40.0 Å². The molecule has 0 N–H and O–H groups in total. The molecule has 0 unspecified atom stereocenters. The Hall–Kier alpha value is -4.25. The molecule has 0 bridgehead atoms. The number of benzene rings is 4. The molecular weight excluding hydrogens is 732 g/mol. The molecule has 1 aromatic heterocycles. The van der Waals surface area contributed by atoms with Gasteiger partial charge in [0.2, 0.25) is 0 Å². The fraction of sp³-hybridized carbons (Fsp3) is 0.139. The van der Waals surface area contributed by atoms with E-state index in [1.807, 2.05) is 103 Å². The average molecular weight is 761 g/mol. The zero-order valence-electron chi connectivity index (χ0n) is 24.9. The number of halogens is 2. The van der Waals surface area contributed by atoms with E-state index in [2.05, 4.69) is 31.9 Å². The van der Waals surface area contributed by atoms with Gasteiger partial charge in [-0.3, -0.25) is 9.36 Å². The maximum Gasteiger partial charge on any atom is 0.338 e. The molecule has 4 aromatic carbocycles. The lowest BCUT2D eigenvalue weighted by atomic mass is 9.93. The SMILES string of the molecule is CCOC(=O)C1=C(c2ccccc2)N=c2s/c(=C\c3ccc(OCc4ccc(Br)cc4)c(Br)c3)c(=O)n2[C@@H]1c1ccc(OC)cc1. The zero-order chi connectivity index (χ0) is 32.2. The van der Waals surface area contributed by atoms with Crippen LogP contribution in [0.3, 0.4) is 0 Å². The van der Waals surface area contributed by atoms with Crippen LogP contribution in [0.1, 0.15) is 35.2 Å². The number of methoxy groups -OCH3 is 1. The first-order valence-corrected chi connectivity index (χ1v) is 16.9. The quantitative estimate of drug-likeness (QED) is 0.151. The van der Waals surface area contributed by atoms with Crippen LogP contribution in [0.2, 0.25) is 0 Å². The third kappa shape index (κ3) is 6.65. The summed E-state index contributed by atoms with van der Waals surface area (Å²) in [4.78, 5) is 33.2. The summed E-state index contributed by atoms with van der Waals surface area (Å²) in [6.07, 6.45) is 1.83. The van der Waals surface area contributed by atoms with Crippen molar-refractivity contribution in [3.05, 3.63) is 154 Å². The summed E-state index contributed by atoms with van der Waals surface area (Å²) < 4.78 is 20.8. The Morgan fingerprint density at radius 1 is 0.978 bits per heavy atom. The summed E-state index contributed by atoms with van der Waals surface area (Å²) in [6, 6.07) is 29.7.